The van der Waals surface area contributed by atoms with E-state index in [9.17, 15) is 29.0 Å². The zero-order valence-electron chi connectivity index (χ0n) is 14.6. The van der Waals surface area contributed by atoms with Crippen LogP contribution in [-0.2, 0) is 25.4 Å². The van der Waals surface area contributed by atoms with Crippen LogP contribution in [0.5, 0.6) is 0 Å². The zero-order valence-corrected chi connectivity index (χ0v) is 17.2. The molecule has 1 aliphatic heterocycles. The molecule has 1 aliphatic rings. The summed E-state index contributed by atoms with van der Waals surface area (Å²) < 4.78 is 35.0. The molecule has 7 N–H and O–H groups in total. The highest BCUT2D eigenvalue weighted by molar-refractivity contribution is 8.84. The first-order valence-electron chi connectivity index (χ1n) is 7.79. The Bertz CT molecular complexity index is 1080. The number of hydrogen-bond acceptors (Lipinski definition) is 11. The Morgan fingerprint density at radius 2 is 2.10 bits per heavy atom. The van der Waals surface area contributed by atoms with Gasteiger partial charge >= 0.3 is 12.4 Å². The first kappa shape index (κ1) is 22.4. The van der Waals surface area contributed by atoms with Gasteiger partial charge in [-0.1, -0.05) is 4.98 Å². The SMILES string of the molecule is Cn1c[n+]([C@@H]2O[C@H](COP(=O)([O-])SP(=O)(O)O)[C@@H](O)[C@H]2O)c2nc(N)[nH]c(=O)c21. The topological polar surface area (TPSA) is 237 Å². The van der Waals surface area contributed by atoms with Gasteiger partial charge in [0.1, 0.15) is 18.3 Å². The predicted molar refractivity (Wildman–Crippen MR) is 95.1 cm³/mol. The molecule has 0 radical (unpaired) electrons. The molecule has 0 aromatic carbocycles. The number of aliphatic hydroxyl groups excluding tert-OH is 2. The number of nitrogen functional groups attached to an aromatic ring is 1. The van der Waals surface area contributed by atoms with E-state index in [1.54, 1.807) is 0 Å². The minimum absolute atomic E-state index is 0.0399. The lowest BCUT2D eigenvalue weighted by molar-refractivity contribution is -0.745. The number of imidazole rings is 1. The molecule has 18 heteroatoms. The number of nitrogens with one attached hydrogen (secondary N) is 1. The van der Waals surface area contributed by atoms with Crippen LogP contribution in [0.2, 0.25) is 0 Å². The third-order valence-electron chi connectivity index (χ3n) is 4.00. The second kappa shape index (κ2) is 7.74. The average Bonchev–Trinajstić information content (AvgIpc) is 3.01. The third-order valence-corrected chi connectivity index (χ3v) is 10.2. The van der Waals surface area contributed by atoms with Crippen LogP contribution in [0.4, 0.5) is 5.95 Å². The molecule has 2 aromatic rings. The molecule has 0 aliphatic carbocycles. The molecule has 0 amide bonds. The molecule has 29 heavy (non-hydrogen) atoms. The van der Waals surface area contributed by atoms with Crippen LogP contribution in [0, 0.1) is 0 Å². The summed E-state index contributed by atoms with van der Waals surface area (Å²) in [6.07, 6.45) is -4.46. The first-order chi connectivity index (χ1) is 13.3. The van der Waals surface area contributed by atoms with Crippen LogP contribution in [0.3, 0.4) is 0 Å². The maximum atomic E-state index is 12.1. The Morgan fingerprint density at radius 1 is 1.45 bits per heavy atom. The van der Waals surface area contributed by atoms with E-state index in [0.29, 0.717) is 0 Å². The fourth-order valence-electron chi connectivity index (χ4n) is 2.87. The highest BCUT2D eigenvalue weighted by Crippen LogP contribution is 2.70. The molecule has 3 heterocycles. The van der Waals surface area contributed by atoms with Gasteiger partial charge in [-0.3, -0.25) is 18.9 Å². The van der Waals surface area contributed by atoms with Gasteiger partial charge in [0.05, 0.1) is 13.7 Å². The summed E-state index contributed by atoms with van der Waals surface area (Å²) in [4.78, 5) is 47.4. The second-order valence-corrected chi connectivity index (χ2v) is 13.1. The Balaban J connectivity index is 1.84. The summed E-state index contributed by atoms with van der Waals surface area (Å²) in [5.74, 6) is -0.197. The van der Waals surface area contributed by atoms with Crippen molar-refractivity contribution in [2.24, 2.45) is 7.05 Å². The summed E-state index contributed by atoms with van der Waals surface area (Å²) in [5.41, 5.74) is 5.13. The standard InChI is InChI=1S/C11H17N5O10P2S/c1-15-3-16(8-5(15)9(19)14-11(12)13-8)10-7(18)6(17)4(26-10)2-25-28(23,24)29-27(20,21)22/h3-4,6-7,10,17-18H,2H2,1H3,(H5-,12,13,14,19,20,21,22,23,24)/t4-,6-,7-,10-/m1/s1. The van der Waals surface area contributed by atoms with Crippen LogP contribution in [0.15, 0.2) is 11.1 Å². The first-order valence-corrected chi connectivity index (χ1v) is 13.0. The number of aliphatic hydroxyl groups is 2. The van der Waals surface area contributed by atoms with Gasteiger partial charge in [0, 0.05) is 11.0 Å². The van der Waals surface area contributed by atoms with Crippen molar-refractivity contribution >= 4 is 41.7 Å². The van der Waals surface area contributed by atoms with E-state index in [2.05, 4.69) is 14.5 Å². The van der Waals surface area contributed by atoms with Crippen molar-refractivity contribution in [3.05, 3.63) is 16.7 Å². The Hall–Kier alpha value is -1.32. The van der Waals surface area contributed by atoms with E-state index in [1.807, 2.05) is 0 Å². The lowest BCUT2D eigenvalue weighted by Crippen LogP contribution is -2.46. The molecule has 5 atom stereocenters. The number of aromatic nitrogens is 4. The van der Waals surface area contributed by atoms with Crippen molar-refractivity contribution in [2.45, 2.75) is 24.5 Å². The minimum atomic E-state index is -5.01. The number of hydrogen-bond donors (Lipinski definition) is 6. The van der Waals surface area contributed by atoms with Crippen LogP contribution in [-0.4, -0.2) is 59.5 Å². The van der Waals surface area contributed by atoms with Crippen LogP contribution in [0.1, 0.15) is 6.23 Å². The van der Waals surface area contributed by atoms with Crippen molar-refractivity contribution in [1.29, 1.82) is 0 Å². The lowest BCUT2D eigenvalue weighted by atomic mass is 10.1. The van der Waals surface area contributed by atoms with Gasteiger partial charge in [-0.2, -0.15) is 0 Å². The summed E-state index contributed by atoms with van der Waals surface area (Å²) in [7, 11) is 1.53. The molecule has 0 saturated carbocycles. The van der Waals surface area contributed by atoms with Crippen molar-refractivity contribution < 1.29 is 47.9 Å². The Labute approximate surface area is 165 Å². The molecular weight excluding hydrogens is 456 g/mol. The van der Waals surface area contributed by atoms with Crippen molar-refractivity contribution in [3.8, 4) is 0 Å². The number of rotatable bonds is 6. The van der Waals surface area contributed by atoms with Gasteiger partial charge < -0.3 is 39.9 Å². The molecule has 1 unspecified atom stereocenters. The maximum absolute atomic E-state index is 12.1. The minimum Gasteiger partial charge on any atom is -0.770 e. The summed E-state index contributed by atoms with van der Waals surface area (Å²) in [6.45, 7) is -10.8. The molecule has 1 fully saturated rings. The van der Waals surface area contributed by atoms with Crippen molar-refractivity contribution in [3.63, 3.8) is 0 Å². The van der Waals surface area contributed by atoms with Gasteiger partial charge in [0.25, 0.3) is 11.5 Å². The van der Waals surface area contributed by atoms with Crippen LogP contribution >= 0.6 is 24.6 Å². The molecule has 0 bridgehead atoms. The number of aromatic amines is 1. The number of nitrogens with zero attached hydrogens (tertiary/aromatic N) is 3. The highest BCUT2D eigenvalue weighted by atomic mass is 33.1. The largest absolute Gasteiger partial charge is 0.770 e. The van der Waals surface area contributed by atoms with Gasteiger partial charge in [-0.25, -0.2) is 9.13 Å². The third kappa shape index (κ3) is 4.72. The number of ether oxygens (including phenoxy) is 1. The molecule has 2 aromatic heterocycles. The Kier molecular flexibility index (Phi) is 5.97. The van der Waals surface area contributed by atoms with Crippen LogP contribution in [0.25, 0.3) is 11.2 Å². The number of anilines is 1. The van der Waals surface area contributed by atoms with Gasteiger partial charge in [-0.15, -0.1) is 0 Å². The highest BCUT2D eigenvalue weighted by Gasteiger charge is 2.47. The zero-order chi connectivity index (χ0) is 21.7. The average molecular weight is 473 g/mol. The van der Waals surface area contributed by atoms with Gasteiger partial charge in [-0.05, 0) is 0 Å². The smallest absolute Gasteiger partial charge is 0.392 e. The van der Waals surface area contributed by atoms with Crippen molar-refractivity contribution in [2.75, 3.05) is 12.3 Å². The molecule has 1 saturated heterocycles. The Morgan fingerprint density at radius 3 is 2.72 bits per heavy atom. The van der Waals surface area contributed by atoms with E-state index in [0.717, 1.165) is 0 Å². The van der Waals surface area contributed by atoms with E-state index < -0.39 is 61.3 Å². The summed E-state index contributed by atoms with van der Waals surface area (Å²) >= 11 is -0.676. The maximum Gasteiger partial charge on any atom is 0.392 e. The summed E-state index contributed by atoms with van der Waals surface area (Å²) in [5, 5.41) is 20.5. The molecule has 15 nitrogen and oxygen atoms in total. The van der Waals surface area contributed by atoms with Crippen LogP contribution < -0.4 is 20.8 Å². The van der Waals surface area contributed by atoms with Gasteiger partial charge in [0.15, 0.2) is 6.33 Å². The quantitative estimate of drug-likeness (QED) is 0.182. The summed E-state index contributed by atoms with van der Waals surface area (Å²) in [6, 6.07) is 0. The van der Waals surface area contributed by atoms with E-state index in [4.69, 9.17) is 20.3 Å². The molecule has 3 rings (SSSR count). The fourth-order valence-corrected chi connectivity index (χ4v) is 7.38. The molecule has 0 spiro atoms. The van der Waals surface area contributed by atoms with Crippen molar-refractivity contribution in [1.82, 2.24) is 14.5 Å². The molecule has 162 valence electrons. The van der Waals surface area contributed by atoms with E-state index in [-0.39, 0.29) is 17.1 Å². The normalized spacial score (nSPS) is 27.4. The van der Waals surface area contributed by atoms with E-state index >= 15 is 0 Å². The second-order valence-electron chi connectivity index (χ2n) is 6.12. The molecular formula is C11H17N5O10P2S. The number of H-pyrrole nitrogens is 1. The predicted octanol–water partition coefficient (Wildman–Crippen LogP) is -2.94. The van der Waals surface area contributed by atoms with Gasteiger partial charge in [0.2, 0.25) is 18.5 Å². The van der Waals surface area contributed by atoms with E-state index in [1.165, 1.54) is 22.5 Å². The fraction of sp³-hybridized carbons (Fsp3) is 0.545. The lowest BCUT2D eigenvalue weighted by Gasteiger charge is -2.24. The monoisotopic (exact) mass is 473 g/mol. The number of aryl methyl sites for hydroxylation is 1. The number of nitrogens with two attached hydrogens (primary N) is 1. The number of fused-ring (bicyclic) bond motifs is 1.